The van der Waals surface area contributed by atoms with Gasteiger partial charge in [0.15, 0.2) is 0 Å². The molecular formula is C16H21FN2O3. The molecule has 0 aliphatic heterocycles. The van der Waals surface area contributed by atoms with Crippen LogP contribution in [0, 0.1) is 5.82 Å². The highest BCUT2D eigenvalue weighted by Gasteiger charge is 2.24. The fourth-order valence-electron chi connectivity index (χ4n) is 2.61. The Morgan fingerprint density at radius 2 is 2.09 bits per heavy atom. The predicted molar refractivity (Wildman–Crippen MR) is 81.0 cm³/mol. The lowest BCUT2D eigenvalue weighted by molar-refractivity contribution is -0.131. The lowest BCUT2D eigenvalue weighted by Gasteiger charge is -2.20. The zero-order valence-corrected chi connectivity index (χ0v) is 12.6. The second kappa shape index (κ2) is 7.35. The fraction of sp³-hybridized carbons (Fsp3) is 0.500. The summed E-state index contributed by atoms with van der Waals surface area (Å²) in [5.41, 5.74) is 5.17. The molecule has 0 saturated heterocycles. The summed E-state index contributed by atoms with van der Waals surface area (Å²) in [6.45, 7) is 1.87. The highest BCUT2D eigenvalue weighted by atomic mass is 19.1. The minimum absolute atomic E-state index is 0.130. The van der Waals surface area contributed by atoms with E-state index in [0.29, 0.717) is 12.1 Å². The number of carbonyl (C=O) groups excluding carboxylic acids is 2. The van der Waals surface area contributed by atoms with Crippen LogP contribution in [0.5, 0.6) is 0 Å². The summed E-state index contributed by atoms with van der Waals surface area (Å²) in [5, 5.41) is 2.65. The predicted octanol–water partition coefficient (Wildman–Crippen LogP) is 2.60. The molecule has 1 saturated carbocycles. The molecule has 0 unspecified atom stereocenters. The van der Waals surface area contributed by atoms with Crippen LogP contribution in [-0.4, -0.2) is 24.0 Å². The molecule has 0 heterocycles. The van der Waals surface area contributed by atoms with Gasteiger partial charge in [0.05, 0.1) is 11.7 Å². The smallest absolute Gasteiger partial charge is 0.253 e. The van der Waals surface area contributed by atoms with E-state index in [1.165, 1.54) is 12.1 Å². The van der Waals surface area contributed by atoms with Crippen LogP contribution in [0.2, 0.25) is 0 Å². The van der Waals surface area contributed by atoms with Crippen LogP contribution in [-0.2, 0) is 9.53 Å². The van der Waals surface area contributed by atoms with Crippen LogP contribution in [0.3, 0.4) is 0 Å². The van der Waals surface area contributed by atoms with Crippen LogP contribution in [0.15, 0.2) is 18.2 Å². The molecule has 1 atom stereocenters. The Kier molecular flexibility index (Phi) is 5.49. The topological polar surface area (TPSA) is 81.4 Å². The maximum Gasteiger partial charge on any atom is 0.253 e. The molecule has 0 spiro atoms. The van der Waals surface area contributed by atoms with Crippen molar-refractivity contribution in [1.82, 2.24) is 0 Å². The van der Waals surface area contributed by atoms with Crippen LogP contribution in [0.1, 0.15) is 49.4 Å². The Morgan fingerprint density at radius 1 is 1.41 bits per heavy atom. The molecule has 2 rings (SSSR count). The average Bonchev–Trinajstić information content (AvgIpc) is 2.99. The number of nitrogens with one attached hydrogen (secondary N) is 1. The van der Waals surface area contributed by atoms with Crippen molar-refractivity contribution in [3.63, 3.8) is 0 Å². The lowest BCUT2D eigenvalue weighted by Crippen LogP contribution is -2.33. The first-order valence-corrected chi connectivity index (χ1v) is 7.57. The first-order valence-electron chi connectivity index (χ1n) is 7.57. The number of halogens is 1. The van der Waals surface area contributed by atoms with Gasteiger partial charge in [0, 0.05) is 5.69 Å². The molecule has 0 aromatic heterocycles. The summed E-state index contributed by atoms with van der Waals surface area (Å²) in [6.07, 6.45) is 4.34. The average molecular weight is 308 g/mol. The van der Waals surface area contributed by atoms with E-state index in [-0.39, 0.29) is 17.6 Å². The third-order valence-electron chi connectivity index (χ3n) is 3.82. The van der Waals surface area contributed by atoms with E-state index in [2.05, 4.69) is 5.32 Å². The largest absolute Gasteiger partial charge is 0.366 e. The van der Waals surface area contributed by atoms with Gasteiger partial charge < -0.3 is 15.8 Å². The second-order valence-corrected chi connectivity index (χ2v) is 5.49. The van der Waals surface area contributed by atoms with E-state index in [9.17, 15) is 14.0 Å². The zero-order valence-electron chi connectivity index (χ0n) is 12.6. The Bertz CT molecular complexity index is 556. The minimum Gasteiger partial charge on any atom is -0.366 e. The van der Waals surface area contributed by atoms with Crippen molar-refractivity contribution in [2.24, 2.45) is 5.73 Å². The normalized spacial score (nSPS) is 16.5. The summed E-state index contributed by atoms with van der Waals surface area (Å²) in [4.78, 5) is 23.4. The number of amides is 2. The number of ether oxygens (including phenoxy) is 1. The summed E-state index contributed by atoms with van der Waals surface area (Å²) < 4.78 is 19.2. The van der Waals surface area contributed by atoms with Gasteiger partial charge in [0.1, 0.15) is 11.9 Å². The molecule has 1 aliphatic carbocycles. The van der Waals surface area contributed by atoms with Gasteiger partial charge in [-0.15, -0.1) is 0 Å². The molecule has 1 aromatic carbocycles. The van der Waals surface area contributed by atoms with Crippen LogP contribution in [0.4, 0.5) is 10.1 Å². The Hall–Kier alpha value is -1.95. The highest BCUT2D eigenvalue weighted by molar-refractivity contribution is 5.97. The van der Waals surface area contributed by atoms with Gasteiger partial charge in [0.2, 0.25) is 0 Å². The number of hydrogen-bond donors (Lipinski definition) is 2. The molecule has 2 amide bonds. The molecule has 1 fully saturated rings. The van der Waals surface area contributed by atoms with E-state index >= 15 is 0 Å². The highest BCUT2D eigenvalue weighted by Crippen LogP contribution is 2.23. The molecule has 22 heavy (non-hydrogen) atoms. The molecule has 0 radical (unpaired) electrons. The molecule has 3 N–H and O–H groups in total. The van der Waals surface area contributed by atoms with E-state index in [1.807, 2.05) is 6.92 Å². The first-order chi connectivity index (χ1) is 10.5. The summed E-state index contributed by atoms with van der Waals surface area (Å²) in [6, 6.07) is 3.73. The van der Waals surface area contributed by atoms with Crippen LogP contribution in [0.25, 0.3) is 0 Å². The lowest BCUT2D eigenvalue weighted by atomic mass is 10.1. The second-order valence-electron chi connectivity index (χ2n) is 5.49. The minimum atomic E-state index is -0.872. The van der Waals surface area contributed by atoms with Gasteiger partial charge in [-0.05, 0) is 37.5 Å². The van der Waals surface area contributed by atoms with Crippen molar-refractivity contribution in [3.05, 3.63) is 29.6 Å². The third-order valence-corrected chi connectivity index (χ3v) is 3.82. The number of rotatable bonds is 6. The molecule has 0 bridgehead atoms. The molecule has 5 nitrogen and oxygen atoms in total. The molecular weight excluding hydrogens is 287 g/mol. The molecule has 6 heteroatoms. The molecule has 120 valence electrons. The maximum absolute atomic E-state index is 13.4. The molecule has 1 aromatic rings. The van der Waals surface area contributed by atoms with E-state index in [0.717, 1.165) is 31.7 Å². The van der Waals surface area contributed by atoms with E-state index < -0.39 is 17.8 Å². The Balaban J connectivity index is 2.03. The number of anilines is 1. The summed E-state index contributed by atoms with van der Waals surface area (Å²) in [5.74, 6) is -1.88. The molecule has 1 aliphatic rings. The van der Waals surface area contributed by atoms with Gasteiger partial charge in [-0.1, -0.05) is 19.8 Å². The number of benzene rings is 1. The Morgan fingerprint density at radius 3 is 2.68 bits per heavy atom. The van der Waals surface area contributed by atoms with E-state index in [4.69, 9.17) is 10.5 Å². The van der Waals surface area contributed by atoms with Gasteiger partial charge >= 0.3 is 0 Å². The summed E-state index contributed by atoms with van der Waals surface area (Å²) >= 11 is 0. The standard InChI is InChI=1S/C16H21FN2O3/c1-2-14(22-11-5-3-4-6-11)16(21)19-10-7-8-13(17)12(9-10)15(18)20/h7-9,11,14H,2-6H2,1H3,(H2,18,20)(H,19,21)/t14-/m1/s1. The first kappa shape index (κ1) is 16.4. The van der Waals surface area contributed by atoms with Crippen molar-refractivity contribution in [2.45, 2.75) is 51.2 Å². The van der Waals surface area contributed by atoms with Gasteiger partial charge in [-0.25, -0.2) is 4.39 Å². The van der Waals surface area contributed by atoms with Gasteiger partial charge in [-0.3, -0.25) is 9.59 Å². The van der Waals surface area contributed by atoms with Crippen molar-refractivity contribution in [2.75, 3.05) is 5.32 Å². The van der Waals surface area contributed by atoms with Crippen LogP contribution >= 0.6 is 0 Å². The number of carbonyl (C=O) groups is 2. The number of primary amides is 1. The van der Waals surface area contributed by atoms with Crippen molar-refractivity contribution >= 4 is 17.5 Å². The number of hydrogen-bond acceptors (Lipinski definition) is 3. The summed E-state index contributed by atoms with van der Waals surface area (Å²) in [7, 11) is 0. The fourth-order valence-corrected chi connectivity index (χ4v) is 2.61. The van der Waals surface area contributed by atoms with Crippen molar-refractivity contribution < 1.29 is 18.7 Å². The Labute approximate surface area is 129 Å². The quantitative estimate of drug-likeness (QED) is 0.847. The van der Waals surface area contributed by atoms with E-state index in [1.54, 1.807) is 0 Å². The number of nitrogens with two attached hydrogens (primary N) is 1. The third kappa shape index (κ3) is 4.04. The van der Waals surface area contributed by atoms with Crippen molar-refractivity contribution in [1.29, 1.82) is 0 Å². The SMILES string of the molecule is CC[C@@H](OC1CCCC1)C(=O)Nc1ccc(F)c(C(N)=O)c1. The zero-order chi connectivity index (χ0) is 16.1. The van der Waals surface area contributed by atoms with Gasteiger partial charge in [0.25, 0.3) is 11.8 Å². The monoisotopic (exact) mass is 308 g/mol. The van der Waals surface area contributed by atoms with Crippen LogP contribution < -0.4 is 11.1 Å². The van der Waals surface area contributed by atoms with Crippen molar-refractivity contribution in [3.8, 4) is 0 Å². The maximum atomic E-state index is 13.4. The van der Waals surface area contributed by atoms with Gasteiger partial charge in [-0.2, -0.15) is 0 Å².